The second-order valence-electron chi connectivity index (χ2n) is 2.37. The maximum absolute atomic E-state index is 10.4. The summed E-state index contributed by atoms with van der Waals surface area (Å²) in [6.07, 6.45) is 2.36. The van der Waals surface area contributed by atoms with Gasteiger partial charge in [0.15, 0.2) is 6.29 Å². The first-order valence-corrected chi connectivity index (χ1v) is 5.10. The third kappa shape index (κ3) is 1.50. The van der Waals surface area contributed by atoms with Crippen molar-refractivity contribution in [2.24, 2.45) is 0 Å². The normalized spacial score (nSPS) is 10.2. The molecule has 0 fully saturated rings. The van der Waals surface area contributed by atoms with Gasteiger partial charge in [0.05, 0.1) is 10.6 Å². The number of aromatic nitrogens is 3. The Morgan fingerprint density at radius 1 is 1.54 bits per heavy atom. The van der Waals surface area contributed by atoms with Gasteiger partial charge in [0.1, 0.15) is 9.88 Å². The maximum Gasteiger partial charge on any atom is 0.161 e. The minimum Gasteiger partial charge on any atom is -0.297 e. The van der Waals surface area contributed by atoms with Crippen LogP contribution in [-0.4, -0.2) is 20.9 Å². The fourth-order valence-electron chi connectivity index (χ4n) is 0.874. The molecule has 0 aliphatic heterocycles. The van der Waals surface area contributed by atoms with Crippen LogP contribution in [0.4, 0.5) is 0 Å². The summed E-state index contributed by atoms with van der Waals surface area (Å²) in [4.78, 5) is 16.1. The molecule has 0 aliphatic carbocycles. The third-order valence-corrected chi connectivity index (χ3v) is 3.39. The van der Waals surface area contributed by atoms with Gasteiger partial charge in [-0.2, -0.15) is 0 Å². The van der Waals surface area contributed by atoms with Gasteiger partial charge in [0.2, 0.25) is 0 Å². The molecule has 0 saturated heterocycles. The summed E-state index contributed by atoms with van der Waals surface area (Å²) in [5.41, 5.74) is 0.858. The molecule has 2 heterocycles. The third-order valence-electron chi connectivity index (χ3n) is 1.49. The molecule has 0 N–H and O–H groups in total. The highest BCUT2D eigenvalue weighted by Crippen LogP contribution is 2.28. The van der Waals surface area contributed by atoms with Crippen molar-refractivity contribution in [1.29, 1.82) is 0 Å². The lowest BCUT2D eigenvalue weighted by atomic mass is 10.4. The van der Waals surface area contributed by atoms with Gasteiger partial charge >= 0.3 is 0 Å². The summed E-state index contributed by atoms with van der Waals surface area (Å²) in [5.74, 6) is 0. The van der Waals surface area contributed by atoms with E-state index in [9.17, 15) is 4.79 Å². The minimum absolute atomic E-state index is 0.628. The Balaban J connectivity index is 2.46. The minimum atomic E-state index is 0.628. The largest absolute Gasteiger partial charge is 0.297 e. The zero-order valence-corrected chi connectivity index (χ0v) is 8.35. The molecular formula is C7H5N3OS2. The van der Waals surface area contributed by atoms with Crippen LogP contribution in [0.3, 0.4) is 0 Å². The lowest BCUT2D eigenvalue weighted by molar-refractivity contribution is 0.112. The molecule has 0 amide bonds. The fraction of sp³-hybridized carbons (Fsp3) is 0.143. The number of rotatable bonds is 2. The molecule has 6 heteroatoms. The first-order chi connectivity index (χ1) is 6.31. The van der Waals surface area contributed by atoms with Crippen LogP contribution in [0.5, 0.6) is 0 Å². The smallest absolute Gasteiger partial charge is 0.161 e. The number of nitrogens with zero attached hydrogens (tertiary/aromatic N) is 3. The molecule has 0 bridgehead atoms. The first kappa shape index (κ1) is 8.46. The van der Waals surface area contributed by atoms with Crippen LogP contribution in [0.2, 0.25) is 0 Å². The quantitative estimate of drug-likeness (QED) is 0.710. The second-order valence-corrected chi connectivity index (χ2v) is 4.19. The molecule has 0 aromatic carbocycles. The van der Waals surface area contributed by atoms with Crippen LogP contribution >= 0.6 is 22.9 Å². The van der Waals surface area contributed by atoms with Gasteiger partial charge in [-0.1, -0.05) is 4.49 Å². The Kier molecular flexibility index (Phi) is 2.15. The predicted molar refractivity (Wildman–Crippen MR) is 51.1 cm³/mol. The van der Waals surface area contributed by atoms with Crippen molar-refractivity contribution < 1.29 is 4.79 Å². The van der Waals surface area contributed by atoms with Crippen molar-refractivity contribution in [2.45, 2.75) is 6.92 Å². The van der Waals surface area contributed by atoms with Crippen LogP contribution in [0.15, 0.2) is 6.20 Å². The highest BCUT2D eigenvalue weighted by molar-refractivity contribution is 7.20. The van der Waals surface area contributed by atoms with Crippen molar-refractivity contribution in [1.82, 2.24) is 14.6 Å². The van der Waals surface area contributed by atoms with Gasteiger partial charge in [-0.3, -0.25) is 4.79 Å². The molecule has 0 unspecified atom stereocenters. The Labute approximate surface area is 82.4 Å². The molecule has 66 valence electrons. The van der Waals surface area contributed by atoms with Crippen molar-refractivity contribution in [3.8, 4) is 9.88 Å². The van der Waals surface area contributed by atoms with E-state index in [1.165, 1.54) is 22.9 Å². The zero-order chi connectivity index (χ0) is 9.26. The monoisotopic (exact) mass is 211 g/mol. The summed E-state index contributed by atoms with van der Waals surface area (Å²) in [6.45, 7) is 1.88. The van der Waals surface area contributed by atoms with E-state index in [2.05, 4.69) is 14.6 Å². The Morgan fingerprint density at radius 3 is 2.92 bits per heavy atom. The van der Waals surface area contributed by atoms with Crippen LogP contribution in [0, 0.1) is 6.92 Å². The summed E-state index contributed by atoms with van der Waals surface area (Å²) >= 11 is 2.65. The van der Waals surface area contributed by atoms with Crippen molar-refractivity contribution >= 4 is 29.2 Å². The van der Waals surface area contributed by atoms with Crippen LogP contribution in [0.25, 0.3) is 9.88 Å². The van der Waals surface area contributed by atoms with E-state index in [0.717, 1.165) is 21.9 Å². The van der Waals surface area contributed by atoms with Gasteiger partial charge in [-0.05, 0) is 18.5 Å². The van der Waals surface area contributed by atoms with Gasteiger partial charge in [0, 0.05) is 6.20 Å². The van der Waals surface area contributed by atoms with Gasteiger partial charge < -0.3 is 0 Å². The maximum atomic E-state index is 10.4. The number of carbonyl (C=O) groups excluding carboxylic acids is 1. The number of aldehydes is 1. The van der Waals surface area contributed by atoms with Gasteiger partial charge in [0.25, 0.3) is 0 Å². The average molecular weight is 211 g/mol. The predicted octanol–water partition coefficient (Wildman–Crippen LogP) is 1.78. The van der Waals surface area contributed by atoms with E-state index in [1.807, 2.05) is 6.92 Å². The van der Waals surface area contributed by atoms with Crippen molar-refractivity contribution in [3.63, 3.8) is 0 Å². The second kappa shape index (κ2) is 3.31. The number of aryl methyl sites for hydroxylation is 1. The number of hydrogen-bond donors (Lipinski definition) is 0. The molecule has 0 saturated carbocycles. The molecule has 2 aromatic heterocycles. The van der Waals surface area contributed by atoms with Gasteiger partial charge in [-0.25, -0.2) is 4.98 Å². The van der Waals surface area contributed by atoms with Crippen molar-refractivity contribution in [2.75, 3.05) is 0 Å². The average Bonchev–Trinajstić information content (AvgIpc) is 2.71. The van der Waals surface area contributed by atoms with Gasteiger partial charge in [-0.15, -0.1) is 16.4 Å². The number of hydrogen-bond acceptors (Lipinski definition) is 6. The molecule has 0 aliphatic rings. The summed E-state index contributed by atoms with van der Waals surface area (Å²) in [7, 11) is 0. The Morgan fingerprint density at radius 2 is 2.38 bits per heavy atom. The van der Waals surface area contributed by atoms with E-state index in [1.54, 1.807) is 6.20 Å². The van der Waals surface area contributed by atoms with E-state index in [4.69, 9.17) is 0 Å². The van der Waals surface area contributed by atoms with E-state index in [0.29, 0.717) is 4.88 Å². The molecule has 0 atom stereocenters. The fourth-order valence-corrected chi connectivity index (χ4v) is 2.38. The van der Waals surface area contributed by atoms with E-state index < -0.39 is 0 Å². The molecule has 13 heavy (non-hydrogen) atoms. The number of carbonyl (C=O) groups is 1. The van der Waals surface area contributed by atoms with E-state index in [-0.39, 0.29) is 0 Å². The molecule has 2 aromatic rings. The topological polar surface area (TPSA) is 55.7 Å². The zero-order valence-electron chi connectivity index (χ0n) is 6.72. The van der Waals surface area contributed by atoms with Crippen molar-refractivity contribution in [3.05, 3.63) is 16.8 Å². The van der Waals surface area contributed by atoms with E-state index >= 15 is 0 Å². The molecular weight excluding hydrogens is 206 g/mol. The van der Waals surface area contributed by atoms with Crippen LogP contribution in [0.1, 0.15) is 15.4 Å². The molecule has 0 spiro atoms. The highest BCUT2D eigenvalue weighted by Gasteiger charge is 2.10. The summed E-state index contributed by atoms with van der Waals surface area (Å²) in [5, 5.41) is 4.69. The summed E-state index contributed by atoms with van der Waals surface area (Å²) in [6, 6.07) is 0. The van der Waals surface area contributed by atoms with Crippen LogP contribution in [-0.2, 0) is 0 Å². The molecule has 2 rings (SSSR count). The lowest BCUT2D eigenvalue weighted by Gasteiger charge is -1.86. The van der Waals surface area contributed by atoms with Crippen LogP contribution < -0.4 is 0 Å². The molecule has 0 radical (unpaired) electrons. The SMILES string of the molecule is Cc1nnsc1-c1ncc(C=O)s1. The highest BCUT2D eigenvalue weighted by atomic mass is 32.1. The number of thiazole rings is 1. The lowest BCUT2D eigenvalue weighted by Crippen LogP contribution is -1.74. The Hall–Kier alpha value is -1.14. The standard InChI is InChI=1S/C7H5N3OS2/c1-4-6(13-10-9-4)7-8-2-5(3-11)12-7/h2-3H,1H3. The first-order valence-electron chi connectivity index (χ1n) is 3.51. The Bertz CT molecular complexity index is 434. The molecule has 4 nitrogen and oxygen atoms in total. The summed E-state index contributed by atoms with van der Waals surface area (Å²) < 4.78 is 3.80.